The monoisotopic (exact) mass is 1070 g/mol. The molecule has 0 fully saturated rings. The number of esters is 3. The van der Waals surface area contributed by atoms with E-state index in [9.17, 15) is 14.4 Å². The number of hydrogen-bond acceptors (Lipinski definition) is 6. The fourth-order valence-corrected chi connectivity index (χ4v) is 7.83. The highest BCUT2D eigenvalue weighted by Crippen LogP contribution is 2.13. The van der Waals surface area contributed by atoms with Crippen molar-refractivity contribution in [3.05, 3.63) is 170 Å². The molecule has 0 bridgehead atoms. The highest BCUT2D eigenvalue weighted by atomic mass is 16.6. The van der Waals surface area contributed by atoms with Gasteiger partial charge in [-0.2, -0.15) is 0 Å². The predicted octanol–water partition coefficient (Wildman–Crippen LogP) is 21.5. The lowest BCUT2D eigenvalue weighted by Gasteiger charge is -2.18. The van der Waals surface area contributed by atoms with Crippen molar-refractivity contribution < 1.29 is 28.6 Å². The van der Waals surface area contributed by atoms with Gasteiger partial charge in [0.15, 0.2) is 6.10 Å². The molecule has 0 rings (SSSR count). The van der Waals surface area contributed by atoms with Gasteiger partial charge in [-0.15, -0.1) is 0 Å². The van der Waals surface area contributed by atoms with Gasteiger partial charge in [0.1, 0.15) is 13.2 Å². The lowest BCUT2D eigenvalue weighted by atomic mass is 10.1. The van der Waals surface area contributed by atoms with Crippen LogP contribution in [0, 0.1) is 0 Å². The Morgan fingerprint density at radius 2 is 0.513 bits per heavy atom. The summed E-state index contributed by atoms with van der Waals surface area (Å²) in [6.45, 7) is 6.29. The molecule has 0 spiro atoms. The number of hydrogen-bond donors (Lipinski definition) is 0. The lowest BCUT2D eigenvalue weighted by molar-refractivity contribution is -0.167. The van der Waals surface area contributed by atoms with Gasteiger partial charge >= 0.3 is 17.9 Å². The summed E-state index contributed by atoms with van der Waals surface area (Å²) in [5, 5.41) is 0. The summed E-state index contributed by atoms with van der Waals surface area (Å²) in [6.07, 6.45) is 94.9. The Bertz CT molecular complexity index is 1810. The zero-order valence-corrected chi connectivity index (χ0v) is 49.9. The third-order valence-electron chi connectivity index (χ3n) is 12.4. The molecule has 0 aromatic rings. The maximum absolute atomic E-state index is 12.9. The number of allylic oxidation sites excluding steroid dienone is 28. The minimum absolute atomic E-state index is 0.116. The van der Waals surface area contributed by atoms with E-state index < -0.39 is 6.10 Å². The van der Waals surface area contributed by atoms with Gasteiger partial charge in [0.05, 0.1) is 0 Å². The maximum atomic E-state index is 12.9. The van der Waals surface area contributed by atoms with E-state index in [4.69, 9.17) is 14.2 Å². The van der Waals surface area contributed by atoms with Gasteiger partial charge in [-0.25, -0.2) is 0 Å². The summed E-state index contributed by atoms with van der Waals surface area (Å²) in [7, 11) is 0. The molecule has 1 atom stereocenters. The van der Waals surface area contributed by atoms with Gasteiger partial charge in [0, 0.05) is 19.3 Å². The SMILES string of the molecule is CC/C=C\C/C=C\C/C=C\C/C=C\C/C=C\C/C=C\C/C=C\CCCC(=O)OCC(COC(=O)CCCCCCC/C=C\C/C=C\CCCC)OC(=O)CCCCCCCCC/C=C\C/C=C\C/C=C\C/C=C\C/C=C\CC. The van der Waals surface area contributed by atoms with Crippen molar-refractivity contribution in [2.75, 3.05) is 13.2 Å². The van der Waals surface area contributed by atoms with Crippen molar-refractivity contribution in [2.45, 2.75) is 252 Å². The van der Waals surface area contributed by atoms with Crippen LogP contribution in [-0.4, -0.2) is 37.2 Å². The van der Waals surface area contributed by atoms with Crippen LogP contribution in [0.1, 0.15) is 245 Å². The van der Waals surface area contributed by atoms with E-state index in [1.807, 2.05) is 0 Å². The van der Waals surface area contributed by atoms with Crippen molar-refractivity contribution in [1.82, 2.24) is 0 Å². The summed E-state index contributed by atoms with van der Waals surface area (Å²) in [4.78, 5) is 38.3. The Morgan fingerprint density at radius 1 is 0.269 bits per heavy atom. The van der Waals surface area contributed by atoms with Crippen LogP contribution in [0.4, 0.5) is 0 Å². The minimum Gasteiger partial charge on any atom is -0.462 e. The molecule has 0 saturated carbocycles. The number of rotatable bonds is 54. The number of unbranched alkanes of at least 4 members (excludes halogenated alkanes) is 15. The summed E-state index contributed by atoms with van der Waals surface area (Å²) >= 11 is 0. The molecule has 0 aliphatic carbocycles. The topological polar surface area (TPSA) is 78.9 Å². The molecule has 0 aliphatic rings. The second-order valence-corrected chi connectivity index (χ2v) is 19.8. The average molecular weight is 1070 g/mol. The fraction of sp³-hybridized carbons (Fsp3) is 0.569. The average Bonchev–Trinajstić information content (AvgIpc) is 3.44. The van der Waals surface area contributed by atoms with E-state index in [0.29, 0.717) is 19.3 Å². The van der Waals surface area contributed by atoms with E-state index in [0.717, 1.165) is 161 Å². The van der Waals surface area contributed by atoms with Crippen molar-refractivity contribution in [3.63, 3.8) is 0 Å². The van der Waals surface area contributed by atoms with Gasteiger partial charge in [0.2, 0.25) is 0 Å². The van der Waals surface area contributed by atoms with Crippen molar-refractivity contribution in [2.24, 2.45) is 0 Å². The molecule has 78 heavy (non-hydrogen) atoms. The van der Waals surface area contributed by atoms with Gasteiger partial charge in [-0.1, -0.05) is 255 Å². The number of carbonyl (C=O) groups is 3. The quantitative estimate of drug-likeness (QED) is 0.0261. The van der Waals surface area contributed by atoms with E-state index in [1.54, 1.807) is 0 Å². The van der Waals surface area contributed by atoms with Crippen LogP contribution in [0.5, 0.6) is 0 Å². The number of ether oxygens (including phenoxy) is 3. The van der Waals surface area contributed by atoms with Crippen LogP contribution in [0.25, 0.3) is 0 Å². The molecule has 0 aromatic carbocycles. The van der Waals surface area contributed by atoms with Crippen LogP contribution in [0.2, 0.25) is 0 Å². The van der Waals surface area contributed by atoms with E-state index >= 15 is 0 Å². The Morgan fingerprint density at radius 3 is 0.833 bits per heavy atom. The molecule has 0 saturated heterocycles. The third-order valence-corrected chi connectivity index (χ3v) is 12.4. The molecule has 0 radical (unpaired) electrons. The molecule has 436 valence electrons. The molecule has 6 heteroatoms. The Labute approximate surface area is 479 Å². The van der Waals surface area contributed by atoms with Crippen LogP contribution in [0.3, 0.4) is 0 Å². The van der Waals surface area contributed by atoms with Crippen molar-refractivity contribution >= 4 is 17.9 Å². The normalized spacial score (nSPS) is 13.3. The molecule has 1 unspecified atom stereocenters. The first-order chi connectivity index (χ1) is 38.5. The van der Waals surface area contributed by atoms with Gasteiger partial charge < -0.3 is 14.2 Å². The highest BCUT2D eigenvalue weighted by Gasteiger charge is 2.19. The Balaban J connectivity index is 4.54. The summed E-state index contributed by atoms with van der Waals surface area (Å²) in [5.74, 6) is -1.01. The maximum Gasteiger partial charge on any atom is 0.306 e. The van der Waals surface area contributed by atoms with Crippen LogP contribution in [0.15, 0.2) is 170 Å². The molecule has 0 amide bonds. The fourth-order valence-electron chi connectivity index (χ4n) is 7.83. The van der Waals surface area contributed by atoms with Crippen molar-refractivity contribution in [1.29, 1.82) is 0 Å². The lowest BCUT2D eigenvalue weighted by Crippen LogP contribution is -2.30. The second-order valence-electron chi connectivity index (χ2n) is 19.8. The smallest absolute Gasteiger partial charge is 0.306 e. The Kier molecular flexibility index (Phi) is 60.0. The van der Waals surface area contributed by atoms with Gasteiger partial charge in [0.25, 0.3) is 0 Å². The third kappa shape index (κ3) is 61.6. The van der Waals surface area contributed by atoms with Gasteiger partial charge in [-0.3, -0.25) is 14.4 Å². The zero-order valence-electron chi connectivity index (χ0n) is 49.9. The first-order valence-corrected chi connectivity index (χ1v) is 31.1. The first kappa shape index (κ1) is 72.8. The minimum atomic E-state index is -0.824. The largest absolute Gasteiger partial charge is 0.462 e. The van der Waals surface area contributed by atoms with Gasteiger partial charge in [-0.05, 0) is 141 Å². The van der Waals surface area contributed by atoms with Crippen LogP contribution >= 0.6 is 0 Å². The molecule has 0 N–H and O–H groups in total. The summed E-state index contributed by atoms with van der Waals surface area (Å²) < 4.78 is 16.8. The van der Waals surface area contributed by atoms with Crippen LogP contribution in [-0.2, 0) is 28.6 Å². The molecule has 0 aromatic heterocycles. The van der Waals surface area contributed by atoms with Crippen LogP contribution < -0.4 is 0 Å². The standard InChI is InChI=1S/C72H112O6/c1-4-7-10-13-16-19-22-25-28-30-32-34-36-38-40-42-44-47-50-53-56-59-62-65-71(74)77-68-69(67-76-70(73)64-61-58-55-52-49-46-27-24-21-18-15-12-9-6-3)78-72(75)66-63-60-57-54-51-48-45-43-41-39-37-35-33-31-29-26-23-20-17-14-11-8-5-2/h7-8,10-11,15-20,24-29,32-35,38-41,44,47,53,56,69H,4-6,9,12-14,21-23,30-31,36-37,42-43,45-46,48-52,54-55,57-68H2,1-3H3/b10-7-,11-8-,18-15-,19-16-,20-17-,27-24-,28-25-,29-26-,34-32-,35-33-,40-38-,41-39-,47-44-,56-53-. The van der Waals surface area contributed by atoms with E-state index in [-0.39, 0.29) is 37.5 Å². The highest BCUT2D eigenvalue weighted by molar-refractivity contribution is 5.71. The second kappa shape index (κ2) is 64.3. The molecule has 0 aliphatic heterocycles. The molecular formula is C72H112O6. The Hall–Kier alpha value is -5.23. The van der Waals surface area contributed by atoms with E-state index in [2.05, 4.69) is 191 Å². The zero-order chi connectivity index (χ0) is 56.4. The van der Waals surface area contributed by atoms with E-state index in [1.165, 1.54) is 38.5 Å². The van der Waals surface area contributed by atoms with Crippen molar-refractivity contribution in [3.8, 4) is 0 Å². The molecular weight excluding hydrogens is 961 g/mol. The summed E-state index contributed by atoms with van der Waals surface area (Å²) in [5.41, 5.74) is 0. The molecule has 0 heterocycles. The number of carbonyl (C=O) groups excluding carboxylic acids is 3. The summed E-state index contributed by atoms with van der Waals surface area (Å²) in [6, 6.07) is 0. The first-order valence-electron chi connectivity index (χ1n) is 31.1. The predicted molar refractivity (Wildman–Crippen MR) is 338 cm³/mol. The molecule has 6 nitrogen and oxygen atoms in total.